The Balaban J connectivity index is 1.50. The first-order valence-corrected chi connectivity index (χ1v) is 11.4. The van der Waals surface area contributed by atoms with Crippen molar-refractivity contribution in [1.82, 2.24) is 0 Å². The molecule has 0 heterocycles. The fourth-order valence-corrected chi connectivity index (χ4v) is 5.89. The van der Waals surface area contributed by atoms with E-state index in [0.717, 1.165) is 55.4 Å². The fourth-order valence-electron chi connectivity index (χ4n) is 5.89. The van der Waals surface area contributed by atoms with E-state index in [1.54, 1.807) is 0 Å². The molecule has 168 valence electrons. The largest absolute Gasteiger partial charge is 0.416 e. The van der Waals surface area contributed by atoms with Gasteiger partial charge in [-0.1, -0.05) is 38.3 Å². The Morgan fingerprint density at radius 1 is 0.839 bits per heavy atom. The lowest BCUT2D eigenvalue weighted by atomic mass is 9.63. The molecule has 2 saturated carbocycles. The molecule has 0 aliphatic heterocycles. The highest BCUT2D eigenvalue weighted by Crippen LogP contribution is 2.48. The van der Waals surface area contributed by atoms with Gasteiger partial charge in [0.1, 0.15) is 11.6 Å². The van der Waals surface area contributed by atoms with E-state index in [1.165, 1.54) is 44.2 Å². The number of rotatable bonds is 4. The number of halogens is 5. The predicted molar refractivity (Wildman–Crippen MR) is 113 cm³/mol. The number of alkyl halides is 3. The Hall–Kier alpha value is -1.91. The Kier molecular flexibility index (Phi) is 6.41. The molecule has 31 heavy (non-hydrogen) atoms. The first-order chi connectivity index (χ1) is 14.8. The second kappa shape index (κ2) is 8.91. The van der Waals surface area contributed by atoms with E-state index in [9.17, 15) is 22.0 Å². The zero-order valence-electron chi connectivity index (χ0n) is 17.8. The van der Waals surface area contributed by atoms with Gasteiger partial charge in [-0.05, 0) is 91.2 Å². The molecule has 0 spiro atoms. The third kappa shape index (κ3) is 4.80. The highest BCUT2D eigenvalue weighted by molar-refractivity contribution is 5.66. The third-order valence-corrected chi connectivity index (χ3v) is 7.46. The molecule has 0 aromatic heterocycles. The zero-order valence-corrected chi connectivity index (χ0v) is 17.8. The molecule has 0 bridgehead atoms. The predicted octanol–water partition coefficient (Wildman–Crippen LogP) is 8.75. The van der Waals surface area contributed by atoms with Gasteiger partial charge in [0.05, 0.1) is 11.1 Å². The number of hydrogen-bond acceptors (Lipinski definition) is 0. The van der Waals surface area contributed by atoms with Gasteiger partial charge >= 0.3 is 6.18 Å². The minimum atomic E-state index is -4.48. The lowest BCUT2D eigenvalue weighted by Crippen LogP contribution is -2.30. The second-order valence-corrected chi connectivity index (χ2v) is 9.43. The third-order valence-electron chi connectivity index (χ3n) is 7.46. The van der Waals surface area contributed by atoms with Gasteiger partial charge in [0.25, 0.3) is 0 Å². The Labute approximate surface area is 180 Å². The summed E-state index contributed by atoms with van der Waals surface area (Å²) in [6.45, 7) is 2.24. The maximum Gasteiger partial charge on any atom is 0.416 e. The molecule has 0 N–H and O–H groups in total. The highest BCUT2D eigenvalue weighted by Gasteiger charge is 2.36. The van der Waals surface area contributed by atoms with Gasteiger partial charge in [-0.15, -0.1) is 0 Å². The van der Waals surface area contributed by atoms with Crippen molar-refractivity contribution in [1.29, 1.82) is 0 Å². The van der Waals surface area contributed by atoms with Crippen molar-refractivity contribution in [3.63, 3.8) is 0 Å². The molecular weight excluding hydrogens is 407 g/mol. The van der Waals surface area contributed by atoms with Gasteiger partial charge in [-0.25, -0.2) is 8.78 Å². The Morgan fingerprint density at radius 3 is 2.06 bits per heavy atom. The molecule has 4 rings (SSSR count). The van der Waals surface area contributed by atoms with Gasteiger partial charge in [0.15, 0.2) is 0 Å². The van der Waals surface area contributed by atoms with Gasteiger partial charge in [0.2, 0.25) is 0 Å². The van der Waals surface area contributed by atoms with Gasteiger partial charge in [0, 0.05) is 0 Å². The number of benzene rings is 2. The Morgan fingerprint density at radius 2 is 1.45 bits per heavy atom. The average Bonchev–Trinajstić information content (AvgIpc) is 2.73. The van der Waals surface area contributed by atoms with Crippen molar-refractivity contribution in [2.75, 3.05) is 0 Å². The molecular formula is C26H29F5. The summed E-state index contributed by atoms with van der Waals surface area (Å²) in [4.78, 5) is 0. The van der Waals surface area contributed by atoms with Crippen molar-refractivity contribution < 1.29 is 22.0 Å². The number of fused-ring (bicyclic) bond motifs is 1. The molecule has 4 atom stereocenters. The summed E-state index contributed by atoms with van der Waals surface area (Å²) in [6.07, 6.45) is 4.84. The first kappa shape index (κ1) is 22.3. The van der Waals surface area contributed by atoms with E-state index in [4.69, 9.17) is 0 Å². The lowest BCUT2D eigenvalue weighted by Gasteiger charge is -2.42. The van der Waals surface area contributed by atoms with E-state index >= 15 is 0 Å². The molecule has 2 aromatic carbocycles. The molecule has 2 aliphatic rings. The molecule has 2 aromatic rings. The van der Waals surface area contributed by atoms with Crippen LogP contribution >= 0.6 is 0 Å². The van der Waals surface area contributed by atoms with Gasteiger partial charge in [-0.2, -0.15) is 13.2 Å². The quantitative estimate of drug-likeness (QED) is 0.420. The van der Waals surface area contributed by atoms with Crippen LogP contribution in [0.25, 0.3) is 11.1 Å². The monoisotopic (exact) mass is 436 g/mol. The van der Waals surface area contributed by atoms with Crippen molar-refractivity contribution in [3.05, 3.63) is 59.2 Å². The summed E-state index contributed by atoms with van der Waals surface area (Å²) in [5.41, 5.74) is -0.294. The van der Waals surface area contributed by atoms with Crippen molar-refractivity contribution >= 4 is 0 Å². The van der Waals surface area contributed by atoms with Crippen LogP contribution in [-0.2, 0) is 6.18 Å². The van der Waals surface area contributed by atoms with Crippen LogP contribution in [0.2, 0.25) is 0 Å². The molecule has 0 nitrogen and oxygen atoms in total. The van der Waals surface area contributed by atoms with Gasteiger partial charge < -0.3 is 0 Å². The standard InChI is InChI=1S/C26H29F5/c1-2-3-16-4-5-19-13-20(7-6-18(19)12-16)21-14-23(27)25(24(28)15-21)17-8-10-22(11-9-17)26(29,30)31/h8-11,14-16,18-20H,2-7,12-13H2,1H3/t16?,18-,19-,20-/m1/s1. The van der Waals surface area contributed by atoms with Crippen LogP contribution in [0.3, 0.4) is 0 Å². The number of hydrogen-bond donors (Lipinski definition) is 0. The lowest BCUT2D eigenvalue weighted by molar-refractivity contribution is -0.137. The van der Waals surface area contributed by atoms with E-state index in [1.807, 2.05) is 0 Å². The van der Waals surface area contributed by atoms with Crippen molar-refractivity contribution in [3.8, 4) is 11.1 Å². The van der Waals surface area contributed by atoms with Crippen LogP contribution in [0.4, 0.5) is 22.0 Å². The smallest absolute Gasteiger partial charge is 0.206 e. The molecule has 5 heteroatoms. The van der Waals surface area contributed by atoms with E-state index in [-0.39, 0.29) is 17.0 Å². The summed E-state index contributed by atoms with van der Waals surface area (Å²) in [6, 6.07) is 6.76. The topological polar surface area (TPSA) is 0 Å². The Bertz CT molecular complexity index is 876. The molecule has 2 aliphatic carbocycles. The zero-order chi connectivity index (χ0) is 22.2. The molecule has 0 saturated heterocycles. The van der Waals surface area contributed by atoms with E-state index < -0.39 is 23.4 Å². The highest BCUT2D eigenvalue weighted by atomic mass is 19.4. The van der Waals surface area contributed by atoms with Crippen LogP contribution < -0.4 is 0 Å². The SMILES string of the molecule is CCCC1CC[C@@H]2C[C@H](c3cc(F)c(-c4ccc(C(F)(F)F)cc4)c(F)c3)CC[C@@H]2C1. The normalized spacial score (nSPS) is 26.5. The van der Waals surface area contributed by atoms with Crippen LogP contribution in [0.1, 0.15) is 75.3 Å². The molecule has 1 unspecified atom stereocenters. The molecule has 2 fully saturated rings. The second-order valence-electron chi connectivity index (χ2n) is 9.43. The minimum absolute atomic E-state index is 0.118. The molecule has 0 amide bonds. The van der Waals surface area contributed by atoms with Crippen molar-refractivity contribution in [2.45, 2.75) is 70.4 Å². The summed E-state index contributed by atoms with van der Waals surface area (Å²) in [7, 11) is 0. The maximum atomic E-state index is 14.9. The van der Waals surface area contributed by atoms with Crippen LogP contribution in [-0.4, -0.2) is 0 Å². The van der Waals surface area contributed by atoms with Crippen LogP contribution in [0.15, 0.2) is 36.4 Å². The van der Waals surface area contributed by atoms with E-state index in [2.05, 4.69) is 6.92 Å². The molecule has 0 radical (unpaired) electrons. The van der Waals surface area contributed by atoms with Gasteiger partial charge in [-0.3, -0.25) is 0 Å². The average molecular weight is 437 g/mol. The summed E-state index contributed by atoms with van der Waals surface area (Å²) >= 11 is 0. The van der Waals surface area contributed by atoms with Crippen molar-refractivity contribution in [2.24, 2.45) is 17.8 Å². The minimum Gasteiger partial charge on any atom is -0.206 e. The fraction of sp³-hybridized carbons (Fsp3) is 0.538. The summed E-state index contributed by atoms with van der Waals surface area (Å²) in [5, 5.41) is 0. The first-order valence-electron chi connectivity index (χ1n) is 11.4. The van der Waals surface area contributed by atoms with Crippen LogP contribution in [0.5, 0.6) is 0 Å². The summed E-state index contributed by atoms with van der Waals surface area (Å²) < 4.78 is 68.1. The maximum absolute atomic E-state index is 14.9. The summed E-state index contributed by atoms with van der Waals surface area (Å²) in [5.74, 6) is 0.942. The van der Waals surface area contributed by atoms with E-state index in [0.29, 0.717) is 11.5 Å². The van der Waals surface area contributed by atoms with Crippen LogP contribution in [0, 0.1) is 29.4 Å².